The van der Waals surface area contributed by atoms with E-state index in [9.17, 15) is 14.4 Å². The van der Waals surface area contributed by atoms with Crippen molar-refractivity contribution in [2.24, 2.45) is 5.73 Å². The Bertz CT molecular complexity index is 527. The summed E-state index contributed by atoms with van der Waals surface area (Å²) in [5.41, 5.74) is 6.48. The van der Waals surface area contributed by atoms with Gasteiger partial charge < -0.3 is 21.3 Å². The molecule has 114 valence electrons. The maximum atomic E-state index is 11.9. The molecule has 0 aliphatic rings. The lowest BCUT2D eigenvalue weighted by atomic mass is 10.0. The van der Waals surface area contributed by atoms with Crippen LogP contribution in [-0.2, 0) is 20.8 Å². The summed E-state index contributed by atoms with van der Waals surface area (Å²) in [5, 5.41) is 20.2. The van der Waals surface area contributed by atoms with Crippen LogP contribution < -0.4 is 11.1 Å². The minimum absolute atomic E-state index is 0.106. The number of amides is 1. The molecule has 0 bridgehead atoms. The quantitative estimate of drug-likeness (QED) is 0.551. The van der Waals surface area contributed by atoms with Gasteiger partial charge in [0.05, 0.1) is 18.5 Å². The van der Waals surface area contributed by atoms with Crippen LogP contribution in [0.4, 0.5) is 0 Å². The molecule has 7 nitrogen and oxygen atoms in total. The smallest absolute Gasteiger partial charge is 0.305 e. The van der Waals surface area contributed by atoms with Crippen LogP contribution in [0, 0.1) is 0 Å². The summed E-state index contributed by atoms with van der Waals surface area (Å²) in [7, 11) is 0. The van der Waals surface area contributed by atoms with Crippen LogP contribution in [-0.4, -0.2) is 40.0 Å². The van der Waals surface area contributed by atoms with Gasteiger partial charge in [0, 0.05) is 0 Å². The lowest BCUT2D eigenvalue weighted by molar-refractivity contribution is -0.140. The van der Waals surface area contributed by atoms with E-state index in [1.165, 1.54) is 19.1 Å². The number of nitrogens with one attached hydrogen (secondary N) is 1. The van der Waals surface area contributed by atoms with Crippen LogP contribution >= 0.6 is 0 Å². The fraction of sp³-hybridized carbons (Fsp3) is 0.357. The highest BCUT2D eigenvalue weighted by Crippen LogP contribution is 2.11. The van der Waals surface area contributed by atoms with Crippen molar-refractivity contribution in [3.8, 4) is 5.75 Å². The minimum atomic E-state index is -1.18. The van der Waals surface area contributed by atoms with Crippen molar-refractivity contribution in [1.29, 1.82) is 0 Å². The molecule has 0 radical (unpaired) electrons. The highest BCUT2D eigenvalue weighted by molar-refractivity contribution is 5.92. The Morgan fingerprint density at radius 1 is 1.24 bits per heavy atom. The molecule has 5 N–H and O–H groups in total. The van der Waals surface area contributed by atoms with Gasteiger partial charge in [-0.15, -0.1) is 0 Å². The third kappa shape index (κ3) is 5.62. The number of ketones is 1. The zero-order valence-electron chi connectivity index (χ0n) is 11.6. The average molecular weight is 294 g/mol. The molecular weight excluding hydrogens is 276 g/mol. The molecule has 1 aromatic rings. The summed E-state index contributed by atoms with van der Waals surface area (Å²) in [6.07, 6.45) is -0.267. The summed E-state index contributed by atoms with van der Waals surface area (Å²) in [6.45, 7) is 1.21. The number of nitrogens with two attached hydrogens (primary N) is 1. The monoisotopic (exact) mass is 294 g/mol. The molecule has 2 atom stereocenters. The Kier molecular flexibility index (Phi) is 5.86. The van der Waals surface area contributed by atoms with Gasteiger partial charge in [-0.2, -0.15) is 0 Å². The number of carbonyl (C=O) groups is 3. The van der Waals surface area contributed by atoms with Crippen LogP contribution in [0.3, 0.4) is 0 Å². The molecule has 1 rings (SSSR count). The Morgan fingerprint density at radius 3 is 2.29 bits per heavy atom. The number of benzene rings is 1. The molecule has 0 aliphatic carbocycles. The first-order chi connectivity index (χ1) is 9.79. The Balaban J connectivity index is 2.62. The van der Waals surface area contributed by atoms with E-state index in [1.54, 1.807) is 12.1 Å². The van der Waals surface area contributed by atoms with Gasteiger partial charge >= 0.3 is 5.97 Å². The largest absolute Gasteiger partial charge is 0.508 e. The van der Waals surface area contributed by atoms with Crippen molar-refractivity contribution >= 4 is 17.7 Å². The molecular formula is C14H18N2O5. The maximum absolute atomic E-state index is 11.9. The highest BCUT2D eigenvalue weighted by Gasteiger charge is 2.23. The van der Waals surface area contributed by atoms with Crippen LogP contribution in [0.15, 0.2) is 24.3 Å². The first kappa shape index (κ1) is 16.6. The normalized spacial score (nSPS) is 13.2. The number of rotatable bonds is 7. The van der Waals surface area contributed by atoms with Gasteiger partial charge in [-0.3, -0.25) is 14.4 Å². The number of Topliss-reactive ketones (excluding diaryl/α,β-unsaturated/α-hetero) is 1. The summed E-state index contributed by atoms with van der Waals surface area (Å²) >= 11 is 0. The molecule has 21 heavy (non-hydrogen) atoms. The second-order valence-electron chi connectivity index (χ2n) is 4.75. The van der Waals surface area contributed by atoms with E-state index in [2.05, 4.69) is 5.32 Å². The molecule has 0 fully saturated rings. The van der Waals surface area contributed by atoms with Crippen molar-refractivity contribution in [3.63, 3.8) is 0 Å². The minimum Gasteiger partial charge on any atom is -0.508 e. The predicted molar refractivity (Wildman–Crippen MR) is 74.7 cm³/mol. The number of aliphatic carboxylic acids is 1. The van der Waals surface area contributed by atoms with Gasteiger partial charge in [0.2, 0.25) is 5.91 Å². The van der Waals surface area contributed by atoms with Crippen molar-refractivity contribution in [1.82, 2.24) is 5.32 Å². The number of aromatic hydroxyl groups is 1. The summed E-state index contributed by atoms with van der Waals surface area (Å²) < 4.78 is 0. The Hall–Kier alpha value is -2.41. The standard InChI is InChI=1S/C14H18N2O5/c1-8(17)12(7-13(19)20)16-14(21)11(15)6-9-2-4-10(18)5-3-9/h2-5,11-12,18H,6-7,15H2,1H3,(H,16,21)(H,19,20)/t11-,12?/m0/s1. The molecule has 0 saturated carbocycles. The number of phenols is 1. The zero-order valence-corrected chi connectivity index (χ0v) is 11.6. The van der Waals surface area contributed by atoms with Crippen molar-refractivity contribution in [3.05, 3.63) is 29.8 Å². The first-order valence-electron chi connectivity index (χ1n) is 6.35. The fourth-order valence-electron chi connectivity index (χ4n) is 1.73. The number of carboxylic acids is 1. The van der Waals surface area contributed by atoms with Crippen LogP contribution in [0.25, 0.3) is 0 Å². The summed E-state index contributed by atoms with van der Waals surface area (Å²) in [4.78, 5) is 33.8. The van der Waals surface area contributed by atoms with Crippen LogP contribution in [0.1, 0.15) is 18.9 Å². The molecule has 0 heterocycles. The molecule has 0 aromatic heterocycles. The first-order valence-corrected chi connectivity index (χ1v) is 6.35. The highest BCUT2D eigenvalue weighted by atomic mass is 16.4. The van der Waals surface area contributed by atoms with Gasteiger partial charge in [0.25, 0.3) is 0 Å². The molecule has 0 saturated heterocycles. The third-order valence-corrected chi connectivity index (χ3v) is 2.91. The number of hydrogen-bond acceptors (Lipinski definition) is 5. The van der Waals surface area contributed by atoms with Crippen molar-refractivity contribution in [2.45, 2.75) is 31.8 Å². The molecule has 1 amide bonds. The number of carbonyl (C=O) groups excluding carboxylic acids is 2. The molecule has 1 aromatic carbocycles. The average Bonchev–Trinajstić information content (AvgIpc) is 2.39. The van der Waals surface area contributed by atoms with E-state index in [-0.39, 0.29) is 12.2 Å². The van der Waals surface area contributed by atoms with Crippen LogP contribution in [0.5, 0.6) is 5.75 Å². The summed E-state index contributed by atoms with van der Waals surface area (Å²) in [6, 6.07) is 4.21. The van der Waals surface area contributed by atoms with Gasteiger partial charge in [0.15, 0.2) is 5.78 Å². The lowest BCUT2D eigenvalue weighted by Gasteiger charge is -2.17. The molecule has 0 aliphatic heterocycles. The zero-order chi connectivity index (χ0) is 16.0. The van der Waals surface area contributed by atoms with E-state index in [4.69, 9.17) is 15.9 Å². The second-order valence-corrected chi connectivity index (χ2v) is 4.75. The Morgan fingerprint density at radius 2 is 1.81 bits per heavy atom. The van der Waals surface area contributed by atoms with Gasteiger partial charge in [-0.05, 0) is 31.0 Å². The summed E-state index contributed by atoms with van der Waals surface area (Å²) in [5.74, 6) is -2.11. The number of hydrogen-bond donors (Lipinski definition) is 4. The van der Waals surface area contributed by atoms with Crippen molar-refractivity contribution in [2.75, 3.05) is 0 Å². The molecule has 0 spiro atoms. The Labute approximate surface area is 121 Å². The predicted octanol–water partition coefficient (Wildman–Crippen LogP) is -0.189. The van der Waals surface area contributed by atoms with E-state index < -0.39 is 36.2 Å². The van der Waals surface area contributed by atoms with E-state index in [0.717, 1.165) is 5.56 Å². The number of carboxylic acid groups (broad SMARTS) is 1. The molecule has 7 heteroatoms. The van der Waals surface area contributed by atoms with E-state index in [0.29, 0.717) is 0 Å². The van der Waals surface area contributed by atoms with Crippen LogP contribution in [0.2, 0.25) is 0 Å². The van der Waals surface area contributed by atoms with E-state index in [1.807, 2.05) is 0 Å². The van der Waals surface area contributed by atoms with E-state index >= 15 is 0 Å². The van der Waals surface area contributed by atoms with Gasteiger partial charge in [-0.25, -0.2) is 0 Å². The fourth-order valence-corrected chi connectivity index (χ4v) is 1.73. The van der Waals surface area contributed by atoms with Gasteiger partial charge in [0.1, 0.15) is 5.75 Å². The SMILES string of the molecule is CC(=O)C(CC(=O)O)NC(=O)[C@@H](N)Cc1ccc(O)cc1. The topological polar surface area (TPSA) is 130 Å². The molecule has 1 unspecified atom stereocenters. The van der Waals surface area contributed by atoms with Gasteiger partial charge in [-0.1, -0.05) is 12.1 Å². The van der Waals surface area contributed by atoms with Crippen molar-refractivity contribution < 1.29 is 24.6 Å². The second kappa shape index (κ2) is 7.39. The lowest BCUT2D eigenvalue weighted by Crippen LogP contribution is -2.49. The maximum Gasteiger partial charge on any atom is 0.305 e. The third-order valence-electron chi connectivity index (χ3n) is 2.91. The number of phenolic OH excluding ortho intramolecular Hbond substituents is 1.